The van der Waals surface area contributed by atoms with E-state index in [1.807, 2.05) is 4.72 Å². The molecule has 1 rings (SSSR count). The Morgan fingerprint density at radius 3 is 2.29 bits per heavy atom. The second-order valence-electron chi connectivity index (χ2n) is 3.19. The molecule has 0 aromatic heterocycles. The standard InChI is InChI=1S/C8H11FN2O4S2/c1-2-16(12,13)11-8-4-3-6(5-7(8)9)17(10,14)15/h3-5,11H,2H2,1H3,(H2,10,14,15). The Labute approximate surface area is 98.7 Å². The molecule has 3 N–H and O–H groups in total. The fourth-order valence-corrected chi connectivity index (χ4v) is 2.17. The van der Waals surface area contributed by atoms with Gasteiger partial charge in [0.25, 0.3) is 0 Å². The molecule has 0 heterocycles. The predicted octanol–water partition coefficient (Wildman–Crippen LogP) is 0.235. The van der Waals surface area contributed by atoms with Crippen LogP contribution in [0.5, 0.6) is 0 Å². The van der Waals surface area contributed by atoms with Crippen molar-refractivity contribution < 1.29 is 21.2 Å². The van der Waals surface area contributed by atoms with Crippen molar-refractivity contribution in [2.24, 2.45) is 5.14 Å². The van der Waals surface area contributed by atoms with E-state index in [-0.39, 0.29) is 11.4 Å². The van der Waals surface area contributed by atoms with E-state index < -0.39 is 30.8 Å². The van der Waals surface area contributed by atoms with E-state index >= 15 is 0 Å². The molecule has 96 valence electrons. The Balaban J connectivity index is 3.16. The lowest BCUT2D eigenvalue weighted by atomic mass is 10.3. The molecule has 9 heteroatoms. The summed E-state index contributed by atoms with van der Waals surface area (Å²) in [5, 5.41) is 4.80. The van der Waals surface area contributed by atoms with E-state index in [1.54, 1.807) is 0 Å². The number of halogens is 1. The van der Waals surface area contributed by atoms with Crippen molar-refractivity contribution in [3.8, 4) is 0 Å². The largest absolute Gasteiger partial charge is 0.281 e. The van der Waals surface area contributed by atoms with Crippen molar-refractivity contribution >= 4 is 25.7 Å². The van der Waals surface area contributed by atoms with Crippen LogP contribution in [0, 0.1) is 5.82 Å². The van der Waals surface area contributed by atoms with Crippen LogP contribution in [0.1, 0.15) is 6.92 Å². The van der Waals surface area contributed by atoms with Crippen molar-refractivity contribution in [3.63, 3.8) is 0 Å². The van der Waals surface area contributed by atoms with Crippen molar-refractivity contribution in [1.82, 2.24) is 0 Å². The molecule has 0 unspecified atom stereocenters. The number of benzene rings is 1. The first-order valence-corrected chi connectivity index (χ1v) is 7.68. The predicted molar refractivity (Wildman–Crippen MR) is 60.9 cm³/mol. The molecule has 0 amide bonds. The summed E-state index contributed by atoms with van der Waals surface area (Å²) >= 11 is 0. The summed E-state index contributed by atoms with van der Waals surface area (Å²) in [6.45, 7) is 1.39. The average molecular weight is 282 g/mol. The highest BCUT2D eigenvalue weighted by Crippen LogP contribution is 2.19. The minimum atomic E-state index is -4.01. The molecular weight excluding hydrogens is 271 g/mol. The van der Waals surface area contributed by atoms with Crippen LogP contribution >= 0.6 is 0 Å². The highest BCUT2D eigenvalue weighted by atomic mass is 32.2. The fourth-order valence-electron chi connectivity index (χ4n) is 0.995. The average Bonchev–Trinajstić information content (AvgIpc) is 2.19. The van der Waals surface area contributed by atoms with E-state index in [4.69, 9.17) is 5.14 Å². The lowest BCUT2D eigenvalue weighted by molar-refractivity contribution is 0.592. The van der Waals surface area contributed by atoms with Crippen molar-refractivity contribution in [3.05, 3.63) is 24.0 Å². The van der Waals surface area contributed by atoms with Crippen molar-refractivity contribution in [1.29, 1.82) is 0 Å². The molecule has 0 radical (unpaired) electrons. The van der Waals surface area contributed by atoms with E-state index in [1.165, 1.54) is 6.92 Å². The Bertz CT molecular complexity index is 625. The van der Waals surface area contributed by atoms with E-state index in [9.17, 15) is 21.2 Å². The molecule has 6 nitrogen and oxygen atoms in total. The van der Waals surface area contributed by atoms with Crippen LogP contribution in [-0.2, 0) is 20.0 Å². The quantitative estimate of drug-likeness (QED) is 0.824. The Morgan fingerprint density at radius 2 is 1.88 bits per heavy atom. The van der Waals surface area contributed by atoms with Gasteiger partial charge in [0, 0.05) is 0 Å². The zero-order valence-electron chi connectivity index (χ0n) is 8.84. The normalized spacial score (nSPS) is 12.4. The first-order valence-electron chi connectivity index (χ1n) is 4.48. The van der Waals surface area contributed by atoms with Gasteiger partial charge in [-0.15, -0.1) is 0 Å². The Kier molecular flexibility index (Phi) is 3.74. The van der Waals surface area contributed by atoms with Gasteiger partial charge in [-0.25, -0.2) is 26.4 Å². The Morgan fingerprint density at radius 1 is 1.29 bits per heavy atom. The third kappa shape index (κ3) is 3.65. The third-order valence-electron chi connectivity index (χ3n) is 1.91. The molecule has 0 spiro atoms. The van der Waals surface area contributed by atoms with Crippen molar-refractivity contribution in [2.45, 2.75) is 11.8 Å². The number of nitrogens with two attached hydrogens (primary N) is 1. The lowest BCUT2D eigenvalue weighted by Gasteiger charge is -2.07. The first-order chi connectivity index (χ1) is 7.65. The zero-order chi connectivity index (χ0) is 13.3. The number of sulfonamides is 2. The van der Waals surface area contributed by atoms with Gasteiger partial charge in [-0.2, -0.15) is 0 Å². The summed E-state index contributed by atoms with van der Waals surface area (Å²) in [4.78, 5) is -0.422. The molecular formula is C8H11FN2O4S2. The lowest BCUT2D eigenvalue weighted by Crippen LogP contribution is -2.16. The minimum absolute atomic E-state index is 0.219. The van der Waals surface area contributed by atoms with Crippen LogP contribution in [0.15, 0.2) is 23.1 Å². The molecule has 0 aliphatic rings. The zero-order valence-corrected chi connectivity index (χ0v) is 10.5. The number of hydrogen-bond acceptors (Lipinski definition) is 4. The first kappa shape index (κ1) is 13.9. The smallest absolute Gasteiger partial charge is 0.238 e. The van der Waals surface area contributed by atoms with Crippen LogP contribution in [-0.4, -0.2) is 22.6 Å². The van der Waals surface area contributed by atoms with Gasteiger partial charge in [0.15, 0.2) is 0 Å². The van der Waals surface area contributed by atoms with Crippen LogP contribution < -0.4 is 9.86 Å². The number of hydrogen-bond donors (Lipinski definition) is 2. The summed E-state index contributed by atoms with van der Waals surface area (Å²) in [5.41, 5.74) is -0.320. The van der Waals surface area contributed by atoms with Gasteiger partial charge in [-0.05, 0) is 25.1 Å². The minimum Gasteiger partial charge on any atom is -0.281 e. The maximum absolute atomic E-state index is 13.4. The molecule has 1 aromatic carbocycles. The molecule has 1 aromatic rings. The number of nitrogens with one attached hydrogen (secondary N) is 1. The topological polar surface area (TPSA) is 106 Å². The Hall–Kier alpha value is -1.19. The molecule has 0 aliphatic carbocycles. The highest BCUT2D eigenvalue weighted by Gasteiger charge is 2.14. The van der Waals surface area contributed by atoms with Gasteiger partial charge in [0.2, 0.25) is 20.0 Å². The molecule has 0 atom stereocenters. The van der Waals surface area contributed by atoms with Gasteiger partial charge in [0.1, 0.15) is 5.82 Å². The number of rotatable bonds is 4. The van der Waals surface area contributed by atoms with Gasteiger partial charge < -0.3 is 0 Å². The summed E-state index contributed by atoms with van der Waals surface area (Å²) in [6.07, 6.45) is 0. The van der Waals surface area contributed by atoms with Gasteiger partial charge >= 0.3 is 0 Å². The second kappa shape index (κ2) is 4.59. The van der Waals surface area contributed by atoms with Crippen LogP contribution in [0.2, 0.25) is 0 Å². The maximum Gasteiger partial charge on any atom is 0.238 e. The summed E-state index contributed by atoms with van der Waals surface area (Å²) < 4.78 is 59.6. The molecule has 0 saturated heterocycles. The molecule has 17 heavy (non-hydrogen) atoms. The number of primary sulfonamides is 1. The SMILES string of the molecule is CCS(=O)(=O)Nc1ccc(S(N)(=O)=O)cc1F. The van der Waals surface area contributed by atoms with Crippen LogP contribution in [0.3, 0.4) is 0 Å². The van der Waals surface area contributed by atoms with E-state index in [2.05, 4.69) is 0 Å². The maximum atomic E-state index is 13.4. The van der Waals surface area contributed by atoms with E-state index in [0.717, 1.165) is 12.1 Å². The van der Waals surface area contributed by atoms with Gasteiger partial charge in [0.05, 0.1) is 16.3 Å². The number of anilines is 1. The summed E-state index contributed by atoms with van der Waals surface area (Å²) in [5.74, 6) is -1.22. The monoisotopic (exact) mass is 282 g/mol. The molecule has 0 fully saturated rings. The van der Waals surface area contributed by atoms with Crippen molar-refractivity contribution in [2.75, 3.05) is 10.5 Å². The molecule has 0 bridgehead atoms. The third-order valence-corrected chi connectivity index (χ3v) is 4.12. The summed E-state index contributed by atoms with van der Waals surface area (Å²) in [6, 6.07) is 2.68. The highest BCUT2D eigenvalue weighted by molar-refractivity contribution is 7.92. The van der Waals surface area contributed by atoms with Crippen LogP contribution in [0.25, 0.3) is 0 Å². The van der Waals surface area contributed by atoms with Gasteiger partial charge in [-0.1, -0.05) is 0 Å². The second-order valence-corrected chi connectivity index (χ2v) is 6.76. The summed E-state index contributed by atoms with van der Waals surface area (Å²) in [7, 11) is -7.62. The molecule has 0 aliphatic heterocycles. The molecule has 0 saturated carbocycles. The van der Waals surface area contributed by atoms with Gasteiger partial charge in [-0.3, -0.25) is 4.72 Å². The van der Waals surface area contributed by atoms with E-state index in [0.29, 0.717) is 6.07 Å². The van der Waals surface area contributed by atoms with Crippen LogP contribution in [0.4, 0.5) is 10.1 Å². The fraction of sp³-hybridized carbons (Fsp3) is 0.250.